The topological polar surface area (TPSA) is 253 Å². The van der Waals surface area contributed by atoms with Gasteiger partial charge in [0.2, 0.25) is 0 Å². The largest absolute Gasteiger partial charge is 0.497 e. The van der Waals surface area contributed by atoms with Crippen molar-refractivity contribution in [3.63, 3.8) is 0 Å². The van der Waals surface area contributed by atoms with Gasteiger partial charge in [-0.1, -0.05) is 73.2 Å². The molecule has 0 saturated heterocycles. The van der Waals surface area contributed by atoms with Gasteiger partial charge in [0.15, 0.2) is 61.8 Å². The Morgan fingerprint density at radius 3 is 1.44 bits per heavy atom. The molecule has 0 unspecified atom stereocenters. The van der Waals surface area contributed by atoms with Gasteiger partial charge in [-0.2, -0.15) is 0 Å². The Balaban J connectivity index is 0.000000140. The number of nitrogens with one attached hydrogen (secondary N) is 1. The first-order valence-electron chi connectivity index (χ1n) is 31.0. The molecule has 512 valence electrons. The highest BCUT2D eigenvalue weighted by Crippen LogP contribution is 2.58. The number of thioether (sulfide) groups is 3. The zero-order valence-corrected chi connectivity index (χ0v) is 60.3. The summed E-state index contributed by atoms with van der Waals surface area (Å²) in [6.45, 7) is 10.4. The molecule has 1 amide bonds. The number of hydrogen-bond donors (Lipinski definition) is 4. The Hall–Kier alpha value is -8.50. The number of amidine groups is 3. The molecule has 2 aromatic heterocycles. The maximum Gasteiger partial charge on any atom is 0.413 e. The standard InChI is InChI=1S/C25H24FN3O3S.C22H22BrFN2O4S.C17H14BrFN2O2S.C7H10N2O/c1-3-31-22-5-4-9-28-20(22)12-15-6-7-21-17(11-15)25(8-10-33-24(27)29-25)18-13-16(30-2)14-19(26)23(18)32-21;1-21(2,3)30-20(27)25-19-26-22(7-8-31-19)14-9-12(23)5-6-17(14)29-18-15(22)10-13(28-4)11-16(18)24;1-22-10-7-12-15(13(19)8-10)23-14-3-2-9(18)6-11(14)17(12)4-5-24-16(20)21-17;1-2-10-6-4-3-5-9-7(6)8/h4-7,9,11,13-14H,3,8,10,12H2,1-2H3,(H2,27,29);5-6,9-11H,7-8H2,1-4H3,(H,25,26,27);2-3,6-8H,4-5H2,1H3,(H2,20,21);3-5H,2H2,1H3,(H2,8,9)/t25-;22-;17-;/m000./s1. The second-order valence-corrected chi connectivity index (χ2v) is 28.7. The number of rotatable bonds is 9. The molecule has 6 aromatic carbocycles. The Bertz CT molecular complexity index is 4460. The number of anilines is 1. The van der Waals surface area contributed by atoms with Crippen LogP contribution >= 0.6 is 67.1 Å². The first-order valence-corrected chi connectivity index (χ1v) is 35.6. The number of alkyl carbamates (subject to hydrolysis) is 1. The molecule has 0 radical (unpaired) electrons. The molecule has 3 atom stereocenters. The molecule has 6 aliphatic heterocycles. The monoisotopic (exact) mass is 1520 g/mol. The van der Waals surface area contributed by atoms with Gasteiger partial charge in [0, 0.05) is 96.6 Å². The number of aliphatic imine (C=N–C) groups is 3. The van der Waals surface area contributed by atoms with E-state index in [1.807, 2.05) is 68.4 Å². The van der Waals surface area contributed by atoms with Crippen molar-refractivity contribution in [3.8, 4) is 63.2 Å². The van der Waals surface area contributed by atoms with Crippen LogP contribution in [0.15, 0.2) is 152 Å². The van der Waals surface area contributed by atoms with Gasteiger partial charge in [0.25, 0.3) is 0 Å². The van der Waals surface area contributed by atoms with Crippen molar-refractivity contribution in [2.24, 2.45) is 26.4 Å². The molecule has 19 nitrogen and oxygen atoms in total. The summed E-state index contributed by atoms with van der Waals surface area (Å²) < 4.78 is 96.4. The summed E-state index contributed by atoms with van der Waals surface area (Å²) in [4.78, 5) is 35.3. The van der Waals surface area contributed by atoms with Crippen LogP contribution in [0.4, 0.5) is 23.8 Å². The molecule has 0 aliphatic carbocycles. The van der Waals surface area contributed by atoms with Crippen LogP contribution < -0.4 is 60.4 Å². The summed E-state index contributed by atoms with van der Waals surface area (Å²) in [5, 5.41) is 4.10. The number of fused-ring (bicyclic) bond motifs is 12. The number of pyridine rings is 2. The van der Waals surface area contributed by atoms with Gasteiger partial charge in [-0.25, -0.2) is 37.9 Å². The lowest BCUT2D eigenvalue weighted by atomic mass is 9.77. The number of nitrogens with two attached hydrogens (primary N) is 3. The van der Waals surface area contributed by atoms with E-state index in [-0.39, 0.29) is 17.2 Å². The third kappa shape index (κ3) is 14.9. The fourth-order valence-electron chi connectivity index (χ4n) is 12.0. The molecule has 98 heavy (non-hydrogen) atoms. The van der Waals surface area contributed by atoms with Crippen LogP contribution in [0.5, 0.6) is 63.2 Å². The number of benzene rings is 6. The van der Waals surface area contributed by atoms with Crippen LogP contribution in [-0.2, 0) is 27.8 Å². The average molecular weight is 1520 g/mol. The number of carbonyl (C=O) groups is 1. The van der Waals surface area contributed by atoms with Gasteiger partial charge < -0.3 is 59.8 Å². The molecule has 27 heteroatoms. The fourth-order valence-corrected chi connectivity index (χ4v) is 15.4. The number of aromatic nitrogens is 2. The van der Waals surface area contributed by atoms with E-state index in [4.69, 9.17) is 74.8 Å². The maximum absolute atomic E-state index is 15.0. The number of hydrogen-bond acceptors (Lipinski definition) is 21. The lowest BCUT2D eigenvalue weighted by Crippen LogP contribution is -2.41. The predicted molar refractivity (Wildman–Crippen MR) is 385 cm³/mol. The number of ether oxygens (including phenoxy) is 9. The lowest BCUT2D eigenvalue weighted by molar-refractivity contribution is 0.0564. The Labute approximate surface area is 594 Å². The molecule has 0 fully saturated rings. The van der Waals surface area contributed by atoms with Crippen molar-refractivity contribution in [1.82, 2.24) is 15.3 Å². The maximum atomic E-state index is 15.0. The minimum atomic E-state index is -0.947. The summed E-state index contributed by atoms with van der Waals surface area (Å²) in [5.74, 6) is 5.95. The number of amides is 1. The molecule has 8 aromatic rings. The zero-order valence-electron chi connectivity index (χ0n) is 54.7. The highest BCUT2D eigenvalue weighted by atomic mass is 79.9. The van der Waals surface area contributed by atoms with E-state index < -0.39 is 45.8 Å². The van der Waals surface area contributed by atoms with Crippen LogP contribution in [0.25, 0.3) is 0 Å². The van der Waals surface area contributed by atoms with E-state index in [0.29, 0.717) is 123 Å². The number of carbonyl (C=O) groups excluding carboxylic acids is 1. The Morgan fingerprint density at radius 2 is 0.990 bits per heavy atom. The first-order chi connectivity index (χ1) is 47.0. The van der Waals surface area contributed by atoms with Crippen LogP contribution in [0.1, 0.15) is 98.5 Å². The number of methoxy groups -OCH3 is 3. The van der Waals surface area contributed by atoms with Crippen molar-refractivity contribution in [1.29, 1.82) is 0 Å². The highest BCUT2D eigenvalue weighted by Gasteiger charge is 2.49. The first kappa shape index (κ1) is 70.8. The SMILES string of the molecule is CCOc1cccnc1Cc1ccc2c(c1)[C@@]1(CCSC(N)=N1)c1cc(OC)cc(F)c1O2.CCOc1cccnc1N.COc1cc(F)c2c(c1)[C@]1(CCSC(N)=N1)c1cc(Br)ccc1O2.COc1cc(F)c2c(c1)[C@]1(CCSC(NC(=O)OC(C)(C)C)=N1)c1cc(Br)ccc1O2. The highest BCUT2D eigenvalue weighted by molar-refractivity contribution is 9.10. The van der Waals surface area contributed by atoms with Gasteiger partial charge in [0.05, 0.1) is 40.2 Å². The molecule has 0 bridgehead atoms. The second-order valence-electron chi connectivity index (χ2n) is 23.6. The van der Waals surface area contributed by atoms with E-state index in [1.165, 1.54) is 74.8 Å². The van der Waals surface area contributed by atoms with Crippen LogP contribution in [-0.4, -0.2) is 89.0 Å². The molecular formula is C71H70Br2F3N9O10S3. The summed E-state index contributed by atoms with van der Waals surface area (Å²) in [6.07, 6.45) is 5.33. The van der Waals surface area contributed by atoms with Gasteiger partial charge in [-0.15, -0.1) is 0 Å². The van der Waals surface area contributed by atoms with Crippen LogP contribution in [0.2, 0.25) is 0 Å². The van der Waals surface area contributed by atoms with Crippen molar-refractivity contribution in [2.45, 2.75) is 82.5 Å². The van der Waals surface area contributed by atoms with Gasteiger partial charge >= 0.3 is 6.09 Å². The van der Waals surface area contributed by atoms with Crippen LogP contribution in [0.3, 0.4) is 0 Å². The molecule has 3 spiro atoms. The third-order valence-electron chi connectivity index (χ3n) is 16.2. The molecule has 7 N–H and O–H groups in total. The minimum Gasteiger partial charge on any atom is -0.497 e. The zero-order chi connectivity index (χ0) is 69.7. The number of halogens is 5. The van der Waals surface area contributed by atoms with Gasteiger partial charge in [-0.3, -0.25) is 10.3 Å². The van der Waals surface area contributed by atoms with E-state index in [9.17, 15) is 13.6 Å². The van der Waals surface area contributed by atoms with E-state index >= 15 is 4.39 Å². The Kier molecular flexibility index (Phi) is 21.6. The molecular weight excluding hydrogens is 1450 g/mol. The minimum absolute atomic E-state index is 0.114. The third-order valence-corrected chi connectivity index (χ3v) is 19.7. The molecule has 14 rings (SSSR count). The van der Waals surface area contributed by atoms with Crippen molar-refractivity contribution >= 4 is 94.6 Å². The summed E-state index contributed by atoms with van der Waals surface area (Å²) in [5.41, 5.74) is 20.7. The summed E-state index contributed by atoms with van der Waals surface area (Å²) in [6, 6.07) is 33.7. The predicted octanol–water partition coefficient (Wildman–Crippen LogP) is 16.4. The summed E-state index contributed by atoms with van der Waals surface area (Å²) in [7, 11) is 4.51. The smallest absolute Gasteiger partial charge is 0.413 e. The average Bonchev–Trinajstić information content (AvgIpc) is 0.736. The normalized spacial score (nSPS) is 18.7. The van der Waals surface area contributed by atoms with Crippen molar-refractivity contribution in [2.75, 3.05) is 57.5 Å². The van der Waals surface area contributed by atoms with Gasteiger partial charge in [0.1, 0.15) is 62.5 Å². The van der Waals surface area contributed by atoms with Crippen LogP contribution in [0, 0.1) is 17.5 Å². The molecule has 6 aliphatic rings. The Morgan fingerprint density at radius 1 is 0.561 bits per heavy atom. The van der Waals surface area contributed by atoms with Crippen molar-refractivity contribution < 1.29 is 60.6 Å². The second kappa shape index (κ2) is 29.9. The van der Waals surface area contributed by atoms with E-state index in [0.717, 1.165) is 54.1 Å². The van der Waals surface area contributed by atoms with E-state index in [2.05, 4.69) is 53.2 Å². The fraction of sp³-hybridized carbons (Fsp3) is 0.296. The van der Waals surface area contributed by atoms with Crippen molar-refractivity contribution in [3.05, 3.63) is 199 Å². The van der Waals surface area contributed by atoms with Gasteiger partial charge in [-0.05, 0) is 150 Å². The number of nitrogen functional groups attached to an aromatic ring is 1. The molecule has 8 heterocycles. The lowest BCUT2D eigenvalue weighted by Gasteiger charge is -2.40. The quantitative estimate of drug-likeness (QED) is 0.105. The molecule has 0 saturated carbocycles. The van der Waals surface area contributed by atoms with E-state index in [1.54, 1.807) is 69.6 Å². The summed E-state index contributed by atoms with van der Waals surface area (Å²) >= 11 is 11.4. The number of nitrogens with zero attached hydrogens (tertiary/aromatic N) is 5.